The van der Waals surface area contributed by atoms with Crippen LogP contribution in [0.1, 0.15) is 37.5 Å². The van der Waals surface area contributed by atoms with Crippen molar-refractivity contribution in [1.82, 2.24) is 14.5 Å². The molecule has 1 spiro atoms. The number of hydrogen-bond acceptors (Lipinski definition) is 3. The second kappa shape index (κ2) is 5.56. The van der Waals surface area contributed by atoms with Crippen molar-refractivity contribution in [2.24, 2.45) is 11.3 Å². The van der Waals surface area contributed by atoms with Crippen LogP contribution in [0.5, 0.6) is 0 Å². The van der Waals surface area contributed by atoms with Crippen LogP contribution in [0.15, 0.2) is 24.3 Å². The second-order valence-electron chi connectivity index (χ2n) is 8.00. The molecule has 132 valence electrons. The molecule has 0 N–H and O–H groups in total. The number of hydrogen-bond donors (Lipinski definition) is 0. The van der Waals surface area contributed by atoms with Gasteiger partial charge >= 0.3 is 0 Å². The Labute approximate surface area is 148 Å². The number of carbonyl (C=O) groups excluding carboxylic acids is 1. The van der Waals surface area contributed by atoms with Gasteiger partial charge in [-0.2, -0.15) is 0 Å². The predicted octanol–water partition coefficient (Wildman–Crippen LogP) is 2.93. The van der Waals surface area contributed by atoms with Crippen LogP contribution in [0.3, 0.4) is 0 Å². The number of nitrogens with zero attached hydrogens (tertiary/aromatic N) is 3. The lowest BCUT2D eigenvalue weighted by Gasteiger charge is -2.34. The zero-order valence-corrected chi connectivity index (χ0v) is 14.8. The van der Waals surface area contributed by atoms with Crippen LogP contribution < -0.4 is 0 Å². The fourth-order valence-electron chi connectivity index (χ4n) is 4.95. The van der Waals surface area contributed by atoms with E-state index >= 15 is 0 Å². The first-order valence-corrected chi connectivity index (χ1v) is 9.48. The van der Waals surface area contributed by atoms with Crippen molar-refractivity contribution >= 4 is 16.9 Å². The van der Waals surface area contributed by atoms with Crippen molar-refractivity contribution < 1.29 is 9.53 Å². The molecule has 0 radical (unpaired) electrons. The van der Waals surface area contributed by atoms with Gasteiger partial charge in [-0.25, -0.2) is 4.98 Å². The third-order valence-corrected chi connectivity index (χ3v) is 6.54. The van der Waals surface area contributed by atoms with Gasteiger partial charge in [0.2, 0.25) is 5.91 Å². The number of fused-ring (bicyclic) bond motifs is 1. The summed E-state index contributed by atoms with van der Waals surface area (Å²) in [5.74, 6) is 1.67. The highest BCUT2D eigenvalue weighted by Gasteiger charge is 2.60. The number of amides is 1. The van der Waals surface area contributed by atoms with Crippen molar-refractivity contribution in [3.8, 4) is 0 Å². The number of carbonyl (C=O) groups is 1. The molecule has 3 heterocycles. The van der Waals surface area contributed by atoms with E-state index in [2.05, 4.69) is 34.6 Å². The molecule has 2 unspecified atom stereocenters. The van der Waals surface area contributed by atoms with Gasteiger partial charge in [-0.15, -0.1) is 0 Å². The van der Waals surface area contributed by atoms with Gasteiger partial charge in [0.25, 0.3) is 0 Å². The molecule has 5 rings (SSSR count). The molecule has 5 nitrogen and oxygen atoms in total. The molecular weight excluding hydrogens is 314 g/mol. The normalized spacial score (nSPS) is 29.6. The minimum atomic E-state index is 0.199. The van der Waals surface area contributed by atoms with Crippen LogP contribution in [0.2, 0.25) is 0 Å². The molecule has 1 aliphatic carbocycles. The largest absolute Gasteiger partial charge is 0.381 e. The fraction of sp³-hybridized carbons (Fsp3) is 0.600. The summed E-state index contributed by atoms with van der Waals surface area (Å²) in [5, 5.41) is 0. The number of para-hydroxylation sites is 2. The Morgan fingerprint density at radius 1 is 1.28 bits per heavy atom. The third kappa shape index (κ3) is 2.40. The second-order valence-corrected chi connectivity index (χ2v) is 8.00. The van der Waals surface area contributed by atoms with Crippen molar-refractivity contribution in [2.75, 3.05) is 26.3 Å². The Morgan fingerprint density at radius 2 is 2.08 bits per heavy atom. The molecule has 2 aliphatic heterocycles. The van der Waals surface area contributed by atoms with Gasteiger partial charge in [0.1, 0.15) is 5.82 Å². The molecule has 3 fully saturated rings. The van der Waals surface area contributed by atoms with E-state index in [-0.39, 0.29) is 11.3 Å². The summed E-state index contributed by atoms with van der Waals surface area (Å²) in [7, 11) is 0. The fourth-order valence-corrected chi connectivity index (χ4v) is 4.95. The Morgan fingerprint density at radius 3 is 2.84 bits per heavy atom. The highest BCUT2D eigenvalue weighted by atomic mass is 16.5. The van der Waals surface area contributed by atoms with Crippen LogP contribution in [0.4, 0.5) is 0 Å². The van der Waals surface area contributed by atoms with E-state index in [4.69, 9.17) is 9.72 Å². The summed E-state index contributed by atoms with van der Waals surface area (Å²) >= 11 is 0. The van der Waals surface area contributed by atoms with Gasteiger partial charge in [0.15, 0.2) is 0 Å². The SMILES string of the molecule is Cc1nc2ccccc2n1C1CCN(C(=O)C2CC23CCOC3)CC1. The van der Waals surface area contributed by atoms with Gasteiger partial charge < -0.3 is 14.2 Å². The molecule has 2 aromatic rings. The van der Waals surface area contributed by atoms with Gasteiger partial charge in [0.05, 0.1) is 17.6 Å². The van der Waals surface area contributed by atoms with Crippen LogP contribution in [-0.2, 0) is 9.53 Å². The molecule has 1 amide bonds. The first kappa shape index (κ1) is 15.4. The van der Waals surface area contributed by atoms with E-state index in [1.807, 2.05) is 6.07 Å². The van der Waals surface area contributed by atoms with E-state index in [0.29, 0.717) is 11.9 Å². The first-order chi connectivity index (χ1) is 12.2. The number of imidazole rings is 1. The van der Waals surface area contributed by atoms with Gasteiger partial charge in [-0.3, -0.25) is 4.79 Å². The smallest absolute Gasteiger partial charge is 0.226 e. The summed E-state index contributed by atoms with van der Waals surface area (Å²) < 4.78 is 7.90. The first-order valence-electron chi connectivity index (χ1n) is 9.48. The van der Waals surface area contributed by atoms with Crippen LogP contribution in [-0.4, -0.2) is 46.7 Å². The average Bonchev–Trinajstić information content (AvgIpc) is 2.96. The molecule has 5 heteroatoms. The highest BCUT2D eigenvalue weighted by molar-refractivity contribution is 5.83. The van der Waals surface area contributed by atoms with Crippen molar-refractivity contribution in [3.05, 3.63) is 30.1 Å². The summed E-state index contributed by atoms with van der Waals surface area (Å²) in [4.78, 5) is 19.6. The van der Waals surface area contributed by atoms with Crippen LogP contribution >= 0.6 is 0 Å². The number of piperidine rings is 1. The molecule has 25 heavy (non-hydrogen) atoms. The molecule has 1 saturated carbocycles. The number of rotatable bonds is 2. The maximum atomic E-state index is 12.8. The molecule has 0 bridgehead atoms. The topological polar surface area (TPSA) is 47.4 Å². The summed E-state index contributed by atoms with van der Waals surface area (Å²) in [6.07, 6.45) is 4.14. The summed E-state index contributed by atoms with van der Waals surface area (Å²) in [6, 6.07) is 8.79. The Kier molecular flexibility index (Phi) is 3.42. The molecule has 2 saturated heterocycles. The zero-order chi connectivity index (χ0) is 17.0. The summed E-state index contributed by atoms with van der Waals surface area (Å²) in [5.41, 5.74) is 2.49. The minimum Gasteiger partial charge on any atom is -0.381 e. The van der Waals surface area contributed by atoms with E-state index in [1.54, 1.807) is 0 Å². The zero-order valence-electron chi connectivity index (χ0n) is 14.8. The van der Waals surface area contributed by atoms with Crippen molar-refractivity contribution in [2.45, 2.75) is 38.6 Å². The molecule has 3 aliphatic rings. The van der Waals surface area contributed by atoms with E-state index in [9.17, 15) is 4.79 Å². The lowest BCUT2D eigenvalue weighted by Crippen LogP contribution is -2.40. The van der Waals surface area contributed by atoms with Crippen molar-refractivity contribution in [1.29, 1.82) is 0 Å². The lowest BCUT2D eigenvalue weighted by molar-refractivity contribution is -0.134. The Hall–Kier alpha value is -1.88. The quantitative estimate of drug-likeness (QED) is 0.845. The lowest BCUT2D eigenvalue weighted by atomic mass is 10.00. The Bertz CT molecular complexity index is 813. The number of aryl methyl sites for hydroxylation is 1. The van der Waals surface area contributed by atoms with Crippen LogP contribution in [0.25, 0.3) is 11.0 Å². The number of ether oxygens (including phenoxy) is 1. The number of benzene rings is 1. The van der Waals surface area contributed by atoms with Gasteiger partial charge in [-0.05, 0) is 44.7 Å². The Balaban J connectivity index is 1.28. The van der Waals surface area contributed by atoms with E-state index in [1.165, 1.54) is 5.52 Å². The van der Waals surface area contributed by atoms with Gasteiger partial charge in [-0.1, -0.05) is 12.1 Å². The molecular formula is C20H25N3O2. The third-order valence-electron chi connectivity index (χ3n) is 6.54. The maximum Gasteiger partial charge on any atom is 0.226 e. The highest BCUT2D eigenvalue weighted by Crippen LogP contribution is 2.58. The molecule has 1 aromatic carbocycles. The molecule has 2 atom stereocenters. The monoisotopic (exact) mass is 339 g/mol. The minimum absolute atomic E-state index is 0.199. The summed E-state index contributed by atoms with van der Waals surface area (Å²) in [6.45, 7) is 5.44. The van der Waals surface area contributed by atoms with E-state index in [0.717, 1.165) is 63.3 Å². The molecule has 1 aromatic heterocycles. The van der Waals surface area contributed by atoms with E-state index < -0.39 is 0 Å². The number of likely N-dealkylation sites (tertiary alicyclic amines) is 1. The maximum absolute atomic E-state index is 12.8. The van der Waals surface area contributed by atoms with Crippen molar-refractivity contribution in [3.63, 3.8) is 0 Å². The predicted molar refractivity (Wildman–Crippen MR) is 95.3 cm³/mol. The number of aromatic nitrogens is 2. The van der Waals surface area contributed by atoms with Crippen LogP contribution in [0, 0.1) is 18.3 Å². The average molecular weight is 339 g/mol. The standard InChI is InChI=1S/C20H25N3O2/c1-14-21-17-4-2-3-5-18(17)23(14)15-6-9-22(10-7-15)19(24)16-12-20(16)8-11-25-13-20/h2-5,15-16H,6-13H2,1H3. The van der Waals surface area contributed by atoms with Gasteiger partial charge in [0, 0.05) is 37.1 Å².